The monoisotopic (exact) mass is 464 g/mol. The van der Waals surface area contributed by atoms with Gasteiger partial charge in [0.15, 0.2) is 11.5 Å². The number of aromatic nitrogens is 2. The van der Waals surface area contributed by atoms with Crippen molar-refractivity contribution in [1.82, 2.24) is 15.1 Å². The lowest BCUT2D eigenvalue weighted by atomic mass is 10.1. The highest BCUT2D eigenvalue weighted by molar-refractivity contribution is 5.76. The molecule has 0 saturated carbocycles. The minimum atomic E-state index is -4.81. The zero-order chi connectivity index (χ0) is 23.6. The minimum absolute atomic E-state index is 0.0846. The van der Waals surface area contributed by atoms with Gasteiger partial charge in [0.1, 0.15) is 5.75 Å². The third-order valence-corrected chi connectivity index (χ3v) is 5.33. The number of ether oxygens (including phenoxy) is 3. The first kappa shape index (κ1) is 22.7. The Kier molecular flexibility index (Phi) is 6.32. The summed E-state index contributed by atoms with van der Waals surface area (Å²) in [6.07, 6.45) is -4.81. The van der Waals surface area contributed by atoms with Crippen LogP contribution < -0.4 is 19.1 Å². The van der Waals surface area contributed by atoms with E-state index in [0.717, 1.165) is 13.1 Å². The van der Waals surface area contributed by atoms with Crippen molar-refractivity contribution < 1.29 is 31.8 Å². The topological polar surface area (TPSA) is 73.1 Å². The maximum absolute atomic E-state index is 12.8. The fraction of sp³-hybridized carbons (Fsp3) is 0.364. The molecule has 4 rings (SSSR count). The Balaban J connectivity index is 1.72. The second-order valence-corrected chi connectivity index (χ2v) is 7.50. The third-order valence-electron chi connectivity index (χ3n) is 5.33. The van der Waals surface area contributed by atoms with Gasteiger partial charge in [0.25, 0.3) is 0 Å². The first-order chi connectivity index (χ1) is 15.8. The fourth-order valence-electron chi connectivity index (χ4n) is 3.62. The van der Waals surface area contributed by atoms with Gasteiger partial charge in [0, 0.05) is 37.4 Å². The molecule has 0 bridgehead atoms. The fourth-order valence-corrected chi connectivity index (χ4v) is 3.62. The van der Waals surface area contributed by atoms with E-state index in [0.29, 0.717) is 41.4 Å². The molecular formula is C22H23F3N4O4. The molecule has 0 unspecified atom stereocenters. The van der Waals surface area contributed by atoms with Gasteiger partial charge in [-0.1, -0.05) is 0 Å². The van der Waals surface area contributed by atoms with Gasteiger partial charge in [-0.2, -0.15) is 0 Å². The lowest BCUT2D eigenvalue weighted by molar-refractivity contribution is -0.274. The molecule has 0 aliphatic carbocycles. The van der Waals surface area contributed by atoms with Crippen LogP contribution in [0.2, 0.25) is 0 Å². The van der Waals surface area contributed by atoms with Crippen LogP contribution in [0.25, 0.3) is 22.9 Å². The van der Waals surface area contributed by atoms with E-state index in [1.807, 2.05) is 7.05 Å². The molecule has 1 aliphatic heterocycles. The maximum atomic E-state index is 12.8. The number of halogens is 3. The van der Waals surface area contributed by atoms with Crippen molar-refractivity contribution in [3.05, 3.63) is 36.4 Å². The molecule has 8 nitrogen and oxygen atoms in total. The highest BCUT2D eigenvalue weighted by Gasteiger charge is 2.32. The first-order valence-corrected chi connectivity index (χ1v) is 10.2. The Morgan fingerprint density at radius 1 is 0.879 bits per heavy atom. The quantitative estimate of drug-likeness (QED) is 0.541. The summed E-state index contributed by atoms with van der Waals surface area (Å²) < 4.78 is 59.0. The normalized spacial score (nSPS) is 14.9. The standard InChI is InChI=1S/C22H23F3N4O4/c1-28-8-10-29(11-9-28)17-6-5-15(33-22(23,24)25)13-16(17)21-27-26-20(32-21)14-4-7-18(30-2)19(12-14)31-3/h4-7,12-13H,8-11H2,1-3H3. The van der Waals surface area contributed by atoms with Crippen molar-refractivity contribution >= 4 is 5.69 Å². The molecule has 1 fully saturated rings. The molecule has 0 amide bonds. The number of hydrogen-bond donors (Lipinski definition) is 0. The van der Waals surface area contributed by atoms with Gasteiger partial charge < -0.3 is 28.4 Å². The number of nitrogens with zero attached hydrogens (tertiary/aromatic N) is 4. The van der Waals surface area contributed by atoms with Gasteiger partial charge in [-0.3, -0.25) is 0 Å². The van der Waals surface area contributed by atoms with Gasteiger partial charge in [0.2, 0.25) is 11.8 Å². The van der Waals surface area contributed by atoms with Crippen LogP contribution in [0.1, 0.15) is 0 Å². The van der Waals surface area contributed by atoms with Crippen molar-refractivity contribution in [2.75, 3.05) is 52.3 Å². The molecule has 0 atom stereocenters. The molecule has 0 spiro atoms. The van der Waals surface area contributed by atoms with Crippen LogP contribution in [-0.2, 0) is 0 Å². The summed E-state index contributed by atoms with van der Waals surface area (Å²) in [5.41, 5.74) is 1.64. The summed E-state index contributed by atoms with van der Waals surface area (Å²) in [5.74, 6) is 0.934. The number of hydrogen-bond acceptors (Lipinski definition) is 8. The molecule has 1 aliphatic rings. The van der Waals surface area contributed by atoms with Gasteiger partial charge in [-0.25, -0.2) is 0 Å². The summed E-state index contributed by atoms with van der Waals surface area (Å²) in [4.78, 5) is 4.26. The van der Waals surface area contributed by atoms with Crippen LogP contribution in [0, 0.1) is 0 Å². The van der Waals surface area contributed by atoms with Crippen LogP contribution in [-0.4, -0.2) is 68.9 Å². The predicted molar refractivity (Wildman–Crippen MR) is 115 cm³/mol. The summed E-state index contributed by atoms with van der Waals surface area (Å²) in [6, 6.07) is 9.25. The van der Waals surface area contributed by atoms with Crippen LogP contribution in [0.15, 0.2) is 40.8 Å². The molecule has 33 heavy (non-hydrogen) atoms. The van der Waals surface area contributed by atoms with E-state index in [1.165, 1.54) is 26.4 Å². The third kappa shape index (κ3) is 5.14. The molecule has 0 N–H and O–H groups in total. The Morgan fingerprint density at radius 3 is 2.24 bits per heavy atom. The zero-order valence-corrected chi connectivity index (χ0v) is 18.3. The van der Waals surface area contributed by atoms with E-state index in [2.05, 4.69) is 24.7 Å². The summed E-state index contributed by atoms with van der Waals surface area (Å²) in [7, 11) is 5.06. The van der Waals surface area contributed by atoms with E-state index in [9.17, 15) is 13.2 Å². The Bertz CT molecular complexity index is 1110. The van der Waals surface area contributed by atoms with E-state index in [4.69, 9.17) is 13.9 Å². The number of piperazine rings is 1. The largest absolute Gasteiger partial charge is 0.573 e. The molecule has 1 aromatic heterocycles. The van der Waals surface area contributed by atoms with Crippen molar-refractivity contribution in [1.29, 1.82) is 0 Å². The van der Waals surface area contributed by atoms with Gasteiger partial charge >= 0.3 is 6.36 Å². The smallest absolute Gasteiger partial charge is 0.493 e. The Labute approximate surface area is 188 Å². The summed E-state index contributed by atoms with van der Waals surface area (Å²) >= 11 is 0. The molecule has 2 aromatic carbocycles. The van der Waals surface area contributed by atoms with Crippen molar-refractivity contribution in [2.24, 2.45) is 0 Å². The van der Waals surface area contributed by atoms with E-state index >= 15 is 0 Å². The number of anilines is 1. The lowest BCUT2D eigenvalue weighted by Gasteiger charge is -2.34. The second kappa shape index (κ2) is 9.18. The number of alkyl halides is 3. The number of benzene rings is 2. The van der Waals surface area contributed by atoms with Crippen molar-refractivity contribution in [3.8, 4) is 40.2 Å². The van der Waals surface area contributed by atoms with E-state index < -0.39 is 6.36 Å². The molecule has 176 valence electrons. The average Bonchev–Trinajstić information content (AvgIpc) is 3.28. The highest BCUT2D eigenvalue weighted by atomic mass is 19.4. The van der Waals surface area contributed by atoms with Crippen molar-refractivity contribution in [3.63, 3.8) is 0 Å². The maximum Gasteiger partial charge on any atom is 0.573 e. The van der Waals surface area contributed by atoms with Crippen LogP contribution >= 0.6 is 0 Å². The molecule has 2 heterocycles. The Morgan fingerprint density at radius 2 is 1.58 bits per heavy atom. The zero-order valence-electron chi connectivity index (χ0n) is 18.3. The summed E-state index contributed by atoms with van der Waals surface area (Å²) in [6.45, 7) is 3.06. The molecule has 1 saturated heterocycles. The summed E-state index contributed by atoms with van der Waals surface area (Å²) in [5, 5.41) is 8.20. The predicted octanol–water partition coefficient (Wildman–Crippen LogP) is 4.07. The van der Waals surface area contributed by atoms with E-state index in [-0.39, 0.29) is 17.5 Å². The average molecular weight is 464 g/mol. The van der Waals surface area contributed by atoms with Gasteiger partial charge in [-0.05, 0) is 43.4 Å². The van der Waals surface area contributed by atoms with Gasteiger partial charge in [-0.15, -0.1) is 23.4 Å². The number of rotatable bonds is 6. The van der Waals surface area contributed by atoms with Crippen molar-refractivity contribution in [2.45, 2.75) is 6.36 Å². The van der Waals surface area contributed by atoms with Crippen LogP contribution in [0.3, 0.4) is 0 Å². The highest BCUT2D eigenvalue weighted by Crippen LogP contribution is 2.38. The lowest BCUT2D eigenvalue weighted by Crippen LogP contribution is -2.44. The molecule has 11 heteroatoms. The SMILES string of the molecule is COc1ccc(-c2nnc(-c3cc(OC(F)(F)F)ccc3N3CCN(C)CC3)o2)cc1OC. The first-order valence-electron chi connectivity index (χ1n) is 10.2. The molecule has 3 aromatic rings. The molecule has 0 radical (unpaired) electrons. The van der Waals surface area contributed by atoms with Crippen LogP contribution in [0.5, 0.6) is 17.2 Å². The minimum Gasteiger partial charge on any atom is -0.493 e. The Hall–Kier alpha value is -3.47. The van der Waals surface area contributed by atoms with E-state index in [1.54, 1.807) is 24.3 Å². The second-order valence-electron chi connectivity index (χ2n) is 7.50. The number of methoxy groups -OCH3 is 2. The number of likely N-dealkylation sites (N-methyl/N-ethyl adjacent to an activating group) is 1. The van der Waals surface area contributed by atoms with Crippen LogP contribution in [0.4, 0.5) is 18.9 Å². The molecular weight excluding hydrogens is 441 g/mol. The van der Waals surface area contributed by atoms with Gasteiger partial charge in [0.05, 0.1) is 19.8 Å².